The molecule has 0 bridgehead atoms. The molecule has 0 aliphatic heterocycles. The molecular weight excluding hydrogens is 343 g/mol. The van der Waals surface area contributed by atoms with Gasteiger partial charge in [0, 0.05) is 38.0 Å². The van der Waals surface area contributed by atoms with Crippen LogP contribution in [0.4, 0.5) is 15.8 Å². The lowest BCUT2D eigenvalue weighted by Crippen LogP contribution is -2.30. The molecule has 0 unspecified atom stereocenters. The Morgan fingerprint density at radius 1 is 1.08 bits per heavy atom. The van der Waals surface area contributed by atoms with E-state index in [0.29, 0.717) is 5.69 Å². The zero-order valence-electron chi connectivity index (χ0n) is 13.9. The van der Waals surface area contributed by atoms with Crippen molar-refractivity contribution >= 4 is 23.2 Å². The van der Waals surface area contributed by atoms with Crippen LogP contribution in [-0.4, -0.2) is 36.9 Å². The normalized spacial score (nSPS) is 10.1. The third-order valence-corrected chi connectivity index (χ3v) is 3.53. The van der Waals surface area contributed by atoms with Gasteiger partial charge in [-0.2, -0.15) is 0 Å². The van der Waals surface area contributed by atoms with E-state index < -0.39 is 22.6 Å². The van der Waals surface area contributed by atoms with Gasteiger partial charge < -0.3 is 16.0 Å². The van der Waals surface area contributed by atoms with E-state index in [4.69, 9.17) is 0 Å². The predicted molar refractivity (Wildman–Crippen MR) is 93.7 cm³/mol. The summed E-state index contributed by atoms with van der Waals surface area (Å²) in [4.78, 5) is 34.0. The number of anilines is 1. The second kappa shape index (κ2) is 8.56. The Morgan fingerprint density at radius 2 is 1.81 bits per heavy atom. The number of nitro benzene ring substituents is 1. The fraction of sp³-hybridized carbons (Fsp3) is 0.176. The highest BCUT2D eigenvalue weighted by Crippen LogP contribution is 2.22. The van der Waals surface area contributed by atoms with Crippen molar-refractivity contribution in [3.63, 3.8) is 0 Å². The molecule has 9 heteroatoms. The van der Waals surface area contributed by atoms with Crippen LogP contribution in [0.15, 0.2) is 42.5 Å². The molecule has 136 valence electrons. The number of hydrogen-bond acceptors (Lipinski definition) is 5. The average Bonchev–Trinajstić information content (AvgIpc) is 2.64. The first kappa shape index (κ1) is 18.8. The molecule has 3 N–H and O–H groups in total. The van der Waals surface area contributed by atoms with Gasteiger partial charge in [-0.05, 0) is 18.2 Å². The molecule has 0 atom stereocenters. The first-order valence-electron chi connectivity index (χ1n) is 7.71. The van der Waals surface area contributed by atoms with E-state index in [1.165, 1.54) is 43.4 Å². The Kier molecular flexibility index (Phi) is 6.20. The van der Waals surface area contributed by atoms with Crippen molar-refractivity contribution in [3.05, 3.63) is 69.5 Å². The van der Waals surface area contributed by atoms with E-state index in [0.717, 1.165) is 0 Å². The lowest BCUT2D eigenvalue weighted by Gasteiger charge is -2.12. The molecule has 2 amide bonds. The summed E-state index contributed by atoms with van der Waals surface area (Å²) in [6, 6.07) is 9.47. The molecule has 0 spiro atoms. The quantitative estimate of drug-likeness (QED) is 0.397. The summed E-state index contributed by atoms with van der Waals surface area (Å²) < 4.78 is 13.5. The van der Waals surface area contributed by atoms with Crippen LogP contribution in [0, 0.1) is 15.9 Å². The number of nitro groups is 1. The van der Waals surface area contributed by atoms with Crippen molar-refractivity contribution in [2.75, 3.05) is 25.5 Å². The van der Waals surface area contributed by atoms with Gasteiger partial charge >= 0.3 is 0 Å². The molecule has 0 aliphatic rings. The number of benzene rings is 2. The summed E-state index contributed by atoms with van der Waals surface area (Å²) >= 11 is 0. The highest BCUT2D eigenvalue weighted by atomic mass is 19.1. The molecule has 8 nitrogen and oxygen atoms in total. The van der Waals surface area contributed by atoms with Crippen molar-refractivity contribution < 1.29 is 18.9 Å². The standard InChI is InChI=1S/C17H17FN4O4/c1-19-16(23)13-10-11(22(25)26)6-7-15(13)20-8-9-21-17(24)12-4-2-3-5-14(12)18/h2-7,10,20H,8-9H2,1H3,(H,19,23)(H,21,24). The first-order chi connectivity index (χ1) is 12.4. The minimum absolute atomic E-state index is 0.0612. The largest absolute Gasteiger partial charge is 0.383 e. The van der Waals surface area contributed by atoms with Gasteiger partial charge in [0.1, 0.15) is 5.82 Å². The van der Waals surface area contributed by atoms with Gasteiger partial charge in [-0.1, -0.05) is 12.1 Å². The van der Waals surface area contributed by atoms with Gasteiger partial charge in [-0.3, -0.25) is 19.7 Å². The number of hydrogen-bond donors (Lipinski definition) is 3. The van der Waals surface area contributed by atoms with Crippen molar-refractivity contribution in [2.45, 2.75) is 0 Å². The van der Waals surface area contributed by atoms with Crippen molar-refractivity contribution in [1.29, 1.82) is 0 Å². The molecule has 0 saturated carbocycles. The Labute approximate surface area is 148 Å². The molecule has 0 saturated heterocycles. The third-order valence-electron chi connectivity index (χ3n) is 3.53. The van der Waals surface area contributed by atoms with Crippen LogP contribution in [0.2, 0.25) is 0 Å². The van der Waals surface area contributed by atoms with Crippen LogP contribution in [0.25, 0.3) is 0 Å². The summed E-state index contributed by atoms with van der Waals surface area (Å²) in [7, 11) is 1.42. The molecule has 0 radical (unpaired) electrons. The van der Waals surface area contributed by atoms with E-state index in [-0.39, 0.29) is 29.9 Å². The monoisotopic (exact) mass is 360 g/mol. The van der Waals surface area contributed by atoms with Crippen LogP contribution in [0.5, 0.6) is 0 Å². The fourth-order valence-corrected chi connectivity index (χ4v) is 2.24. The van der Waals surface area contributed by atoms with Crippen LogP contribution in [-0.2, 0) is 0 Å². The van der Waals surface area contributed by atoms with Crippen LogP contribution >= 0.6 is 0 Å². The fourth-order valence-electron chi connectivity index (χ4n) is 2.24. The van der Waals surface area contributed by atoms with Gasteiger partial charge in [0.25, 0.3) is 17.5 Å². The highest BCUT2D eigenvalue weighted by molar-refractivity contribution is 6.00. The highest BCUT2D eigenvalue weighted by Gasteiger charge is 2.16. The number of amides is 2. The zero-order chi connectivity index (χ0) is 19.1. The van der Waals surface area contributed by atoms with E-state index in [1.54, 1.807) is 6.07 Å². The van der Waals surface area contributed by atoms with E-state index in [1.807, 2.05) is 0 Å². The SMILES string of the molecule is CNC(=O)c1cc([N+](=O)[O-])ccc1NCCNC(=O)c1ccccc1F. The minimum atomic E-state index is -0.616. The number of nitrogens with one attached hydrogen (secondary N) is 3. The van der Waals surface area contributed by atoms with Gasteiger partial charge in [0.2, 0.25) is 0 Å². The number of carbonyl (C=O) groups excluding carboxylic acids is 2. The van der Waals surface area contributed by atoms with Crippen LogP contribution in [0.1, 0.15) is 20.7 Å². The summed E-state index contributed by atoms with van der Waals surface area (Å²) in [6.45, 7) is 0.402. The van der Waals surface area contributed by atoms with Crippen molar-refractivity contribution in [1.82, 2.24) is 10.6 Å². The first-order valence-corrected chi connectivity index (χ1v) is 7.71. The molecule has 0 fully saturated rings. The Balaban J connectivity index is 1.99. The minimum Gasteiger partial charge on any atom is -0.383 e. The summed E-state index contributed by atoms with van der Waals surface area (Å²) in [5, 5.41) is 18.7. The zero-order valence-corrected chi connectivity index (χ0v) is 13.9. The topological polar surface area (TPSA) is 113 Å². The Hall–Kier alpha value is -3.49. The smallest absolute Gasteiger partial charge is 0.270 e. The predicted octanol–water partition coefficient (Wildman–Crippen LogP) is 1.94. The third kappa shape index (κ3) is 4.53. The summed E-state index contributed by atoms with van der Waals surface area (Å²) in [5.74, 6) is -1.65. The van der Waals surface area contributed by atoms with Gasteiger partial charge in [-0.25, -0.2) is 4.39 Å². The Morgan fingerprint density at radius 3 is 2.46 bits per heavy atom. The average molecular weight is 360 g/mol. The van der Waals surface area contributed by atoms with E-state index in [2.05, 4.69) is 16.0 Å². The lowest BCUT2D eigenvalue weighted by atomic mass is 10.1. The molecule has 26 heavy (non-hydrogen) atoms. The number of non-ortho nitro benzene ring substituents is 1. The molecule has 2 aromatic rings. The molecule has 0 aromatic heterocycles. The van der Waals surface area contributed by atoms with Crippen molar-refractivity contribution in [2.24, 2.45) is 0 Å². The molecule has 0 aliphatic carbocycles. The lowest BCUT2D eigenvalue weighted by molar-refractivity contribution is -0.384. The second-order valence-electron chi connectivity index (χ2n) is 5.23. The maximum atomic E-state index is 13.5. The van der Waals surface area contributed by atoms with Crippen molar-refractivity contribution in [3.8, 4) is 0 Å². The summed E-state index contributed by atoms with van der Waals surface area (Å²) in [5.41, 5.74) is 0.230. The maximum Gasteiger partial charge on any atom is 0.270 e. The number of carbonyl (C=O) groups is 2. The molecule has 2 aromatic carbocycles. The van der Waals surface area contributed by atoms with Crippen LogP contribution in [0.3, 0.4) is 0 Å². The number of nitrogens with zero attached hydrogens (tertiary/aromatic N) is 1. The van der Waals surface area contributed by atoms with Gasteiger partial charge in [0.15, 0.2) is 0 Å². The van der Waals surface area contributed by atoms with E-state index >= 15 is 0 Å². The summed E-state index contributed by atoms with van der Waals surface area (Å²) in [6.07, 6.45) is 0. The molecular formula is C17H17FN4O4. The van der Waals surface area contributed by atoms with Gasteiger partial charge in [0.05, 0.1) is 16.1 Å². The molecule has 2 rings (SSSR count). The van der Waals surface area contributed by atoms with Crippen LogP contribution < -0.4 is 16.0 Å². The van der Waals surface area contributed by atoms with Gasteiger partial charge in [-0.15, -0.1) is 0 Å². The number of halogens is 1. The maximum absolute atomic E-state index is 13.5. The van der Waals surface area contributed by atoms with E-state index in [9.17, 15) is 24.1 Å². The Bertz CT molecular complexity index is 841. The molecule has 0 heterocycles. The number of rotatable bonds is 7. The second-order valence-corrected chi connectivity index (χ2v) is 5.23.